The second-order valence-corrected chi connectivity index (χ2v) is 3.86. The molecule has 1 N–H and O–H groups in total. The molecule has 0 aliphatic carbocycles. The van der Waals surface area contributed by atoms with Crippen LogP contribution in [0.1, 0.15) is 12.8 Å². The second-order valence-electron chi connectivity index (χ2n) is 3.42. The number of halogens is 1. The highest BCUT2D eigenvalue weighted by atomic mass is 35.5. The largest absolute Gasteiger partial charge is 0.476 e. The fraction of sp³-hybridized carbons (Fsp3) is 0.500. The van der Waals surface area contributed by atoms with Crippen LogP contribution < -0.4 is 10.1 Å². The lowest BCUT2D eigenvalue weighted by Crippen LogP contribution is -2.28. The lowest BCUT2D eigenvalue weighted by atomic mass is 10.2. The van der Waals surface area contributed by atoms with E-state index in [4.69, 9.17) is 16.3 Å². The van der Waals surface area contributed by atoms with Crippen molar-refractivity contribution in [3.63, 3.8) is 0 Å². The molecule has 14 heavy (non-hydrogen) atoms. The predicted molar refractivity (Wildman–Crippen MR) is 55.8 cm³/mol. The number of pyridine rings is 1. The summed E-state index contributed by atoms with van der Waals surface area (Å²) in [6.45, 7) is 1.79. The molecule has 0 bridgehead atoms. The molecule has 76 valence electrons. The monoisotopic (exact) mass is 212 g/mol. The number of nitrogens with one attached hydrogen (secondary N) is 1. The highest BCUT2D eigenvalue weighted by Gasteiger charge is 2.14. The van der Waals surface area contributed by atoms with Crippen LogP contribution in [0.2, 0.25) is 5.02 Å². The van der Waals surface area contributed by atoms with Crippen LogP contribution in [-0.4, -0.2) is 24.2 Å². The van der Waals surface area contributed by atoms with Crippen molar-refractivity contribution >= 4 is 11.6 Å². The van der Waals surface area contributed by atoms with Crippen molar-refractivity contribution in [3.8, 4) is 5.88 Å². The highest BCUT2D eigenvalue weighted by molar-refractivity contribution is 6.30. The molecule has 1 aliphatic heterocycles. The lowest BCUT2D eigenvalue weighted by molar-refractivity contribution is 0.267. The van der Waals surface area contributed by atoms with E-state index >= 15 is 0 Å². The van der Waals surface area contributed by atoms with Gasteiger partial charge in [-0.15, -0.1) is 0 Å². The third-order valence-corrected chi connectivity index (χ3v) is 2.52. The van der Waals surface area contributed by atoms with Gasteiger partial charge in [-0.3, -0.25) is 0 Å². The van der Waals surface area contributed by atoms with Gasteiger partial charge in [0.2, 0.25) is 5.88 Å². The first-order valence-electron chi connectivity index (χ1n) is 4.82. The molecule has 1 aromatic heterocycles. The van der Waals surface area contributed by atoms with E-state index in [-0.39, 0.29) is 0 Å². The maximum atomic E-state index is 5.71. The van der Waals surface area contributed by atoms with Crippen molar-refractivity contribution in [3.05, 3.63) is 23.4 Å². The summed E-state index contributed by atoms with van der Waals surface area (Å²) >= 11 is 5.71. The third kappa shape index (κ3) is 2.59. The highest BCUT2D eigenvalue weighted by Crippen LogP contribution is 2.13. The van der Waals surface area contributed by atoms with Crippen molar-refractivity contribution < 1.29 is 4.74 Å². The quantitative estimate of drug-likeness (QED) is 0.831. The molecule has 1 saturated heterocycles. The summed E-state index contributed by atoms with van der Waals surface area (Å²) in [5.74, 6) is 0.642. The van der Waals surface area contributed by atoms with E-state index in [9.17, 15) is 0 Å². The van der Waals surface area contributed by atoms with Gasteiger partial charge in [0.15, 0.2) is 0 Å². The first-order valence-corrected chi connectivity index (χ1v) is 5.20. The molecule has 1 aliphatic rings. The zero-order chi connectivity index (χ0) is 9.80. The molecule has 0 saturated carbocycles. The molecule has 0 aromatic carbocycles. The zero-order valence-corrected chi connectivity index (χ0v) is 8.63. The van der Waals surface area contributed by atoms with Gasteiger partial charge in [0, 0.05) is 18.3 Å². The molecule has 1 unspecified atom stereocenters. The second kappa shape index (κ2) is 4.62. The molecular formula is C10H13ClN2O. The topological polar surface area (TPSA) is 34.1 Å². The van der Waals surface area contributed by atoms with Gasteiger partial charge in [-0.1, -0.05) is 11.6 Å². The van der Waals surface area contributed by atoms with Crippen LogP contribution in [0.15, 0.2) is 18.3 Å². The Hall–Kier alpha value is -0.800. The smallest absolute Gasteiger partial charge is 0.213 e. The minimum Gasteiger partial charge on any atom is -0.476 e. The van der Waals surface area contributed by atoms with Crippen LogP contribution in [0, 0.1) is 0 Å². The molecule has 4 heteroatoms. The molecule has 0 spiro atoms. The van der Waals surface area contributed by atoms with Gasteiger partial charge in [0.1, 0.15) is 6.61 Å². The molecular weight excluding hydrogens is 200 g/mol. The Morgan fingerprint density at radius 3 is 3.14 bits per heavy atom. The van der Waals surface area contributed by atoms with Gasteiger partial charge < -0.3 is 10.1 Å². The number of nitrogens with zero attached hydrogens (tertiary/aromatic N) is 1. The fourth-order valence-electron chi connectivity index (χ4n) is 1.53. The van der Waals surface area contributed by atoms with E-state index in [0.29, 0.717) is 23.6 Å². The van der Waals surface area contributed by atoms with Crippen LogP contribution >= 0.6 is 11.6 Å². The SMILES string of the molecule is Clc1ccc(OCC2CCCN2)nc1. The summed E-state index contributed by atoms with van der Waals surface area (Å²) in [5.41, 5.74) is 0. The molecule has 2 rings (SSSR count). The predicted octanol–water partition coefficient (Wildman–Crippen LogP) is 1.87. The van der Waals surface area contributed by atoms with Crippen LogP contribution in [0.3, 0.4) is 0 Å². The molecule has 2 heterocycles. The van der Waals surface area contributed by atoms with Gasteiger partial charge in [0.25, 0.3) is 0 Å². The Bertz CT molecular complexity index is 283. The van der Waals surface area contributed by atoms with Crippen molar-refractivity contribution in [2.45, 2.75) is 18.9 Å². The number of hydrogen-bond acceptors (Lipinski definition) is 3. The lowest BCUT2D eigenvalue weighted by Gasteiger charge is -2.10. The summed E-state index contributed by atoms with van der Waals surface area (Å²) in [5, 5.41) is 3.99. The normalized spacial score (nSPS) is 21.1. The van der Waals surface area contributed by atoms with Crippen LogP contribution in [0.4, 0.5) is 0 Å². The standard InChI is InChI=1S/C10H13ClN2O/c11-8-3-4-10(13-6-8)14-7-9-2-1-5-12-9/h3-4,6,9,12H,1-2,5,7H2. The van der Waals surface area contributed by atoms with E-state index in [0.717, 1.165) is 6.54 Å². The van der Waals surface area contributed by atoms with Crippen molar-refractivity contribution in [2.24, 2.45) is 0 Å². The Balaban J connectivity index is 1.82. The van der Waals surface area contributed by atoms with Crippen LogP contribution in [0.25, 0.3) is 0 Å². The molecule has 1 fully saturated rings. The Morgan fingerprint density at radius 2 is 2.50 bits per heavy atom. The van der Waals surface area contributed by atoms with Gasteiger partial charge in [-0.05, 0) is 25.5 Å². The Kier molecular flexibility index (Phi) is 3.22. The van der Waals surface area contributed by atoms with Crippen molar-refractivity contribution in [2.75, 3.05) is 13.2 Å². The summed E-state index contributed by atoms with van der Waals surface area (Å²) in [6, 6.07) is 4.05. The summed E-state index contributed by atoms with van der Waals surface area (Å²) in [7, 11) is 0. The van der Waals surface area contributed by atoms with Gasteiger partial charge in [-0.25, -0.2) is 4.98 Å². The third-order valence-electron chi connectivity index (χ3n) is 2.30. The van der Waals surface area contributed by atoms with Crippen molar-refractivity contribution in [1.29, 1.82) is 0 Å². The van der Waals surface area contributed by atoms with Gasteiger partial charge in [-0.2, -0.15) is 0 Å². The summed E-state index contributed by atoms with van der Waals surface area (Å²) in [6.07, 6.45) is 4.02. The van der Waals surface area contributed by atoms with E-state index in [1.54, 1.807) is 18.3 Å². The molecule has 1 aromatic rings. The minimum absolute atomic E-state index is 0.479. The van der Waals surface area contributed by atoms with Gasteiger partial charge >= 0.3 is 0 Å². The first kappa shape index (κ1) is 9.74. The minimum atomic E-state index is 0.479. The van der Waals surface area contributed by atoms with Crippen LogP contribution in [0.5, 0.6) is 5.88 Å². The molecule has 1 atom stereocenters. The summed E-state index contributed by atoms with van der Waals surface area (Å²) < 4.78 is 5.51. The number of ether oxygens (including phenoxy) is 1. The van der Waals surface area contributed by atoms with Crippen LogP contribution in [-0.2, 0) is 0 Å². The van der Waals surface area contributed by atoms with E-state index in [1.165, 1.54) is 12.8 Å². The average molecular weight is 213 g/mol. The number of rotatable bonds is 3. The molecule has 0 amide bonds. The summed E-state index contributed by atoms with van der Waals surface area (Å²) in [4.78, 5) is 4.06. The van der Waals surface area contributed by atoms with E-state index in [2.05, 4.69) is 10.3 Å². The van der Waals surface area contributed by atoms with Gasteiger partial charge in [0.05, 0.1) is 5.02 Å². The maximum Gasteiger partial charge on any atom is 0.213 e. The fourth-order valence-corrected chi connectivity index (χ4v) is 1.64. The average Bonchev–Trinajstić information content (AvgIpc) is 2.70. The van der Waals surface area contributed by atoms with E-state index < -0.39 is 0 Å². The zero-order valence-electron chi connectivity index (χ0n) is 7.87. The number of aromatic nitrogens is 1. The number of hydrogen-bond donors (Lipinski definition) is 1. The molecule has 3 nitrogen and oxygen atoms in total. The maximum absolute atomic E-state index is 5.71. The molecule has 0 radical (unpaired) electrons. The van der Waals surface area contributed by atoms with E-state index in [1.807, 2.05) is 0 Å². The Morgan fingerprint density at radius 1 is 1.57 bits per heavy atom. The first-order chi connectivity index (χ1) is 6.84. The van der Waals surface area contributed by atoms with Crippen molar-refractivity contribution in [1.82, 2.24) is 10.3 Å². The Labute approximate surface area is 88.4 Å².